The third kappa shape index (κ3) is 5.30. The number of rotatable bonds is 10. The smallest absolute Gasteiger partial charge is 0.223 e. The number of hydrogen-bond acceptors (Lipinski definition) is 3. The second-order valence-corrected chi connectivity index (χ2v) is 7.44. The maximum atomic E-state index is 12.4. The van der Waals surface area contributed by atoms with Crippen molar-refractivity contribution in [2.75, 3.05) is 6.61 Å². The molecule has 3 rings (SSSR count). The van der Waals surface area contributed by atoms with E-state index in [1.54, 1.807) is 0 Å². The van der Waals surface area contributed by atoms with Crippen molar-refractivity contribution in [1.82, 2.24) is 14.9 Å². The molecule has 0 saturated carbocycles. The monoisotopic (exact) mass is 413 g/mol. The molecule has 154 valence electrons. The summed E-state index contributed by atoms with van der Waals surface area (Å²) in [6, 6.07) is 15.5. The number of para-hydroxylation sites is 3. The van der Waals surface area contributed by atoms with Gasteiger partial charge >= 0.3 is 0 Å². The highest BCUT2D eigenvalue weighted by atomic mass is 35.5. The number of hydrogen-bond donors (Lipinski definition) is 1. The molecule has 0 unspecified atom stereocenters. The molecule has 0 aliphatic carbocycles. The molecule has 5 nitrogen and oxygen atoms in total. The maximum Gasteiger partial charge on any atom is 0.223 e. The highest BCUT2D eigenvalue weighted by Gasteiger charge is 2.16. The van der Waals surface area contributed by atoms with Crippen LogP contribution in [0, 0.1) is 5.92 Å². The molecule has 0 aliphatic heterocycles. The average Bonchev–Trinajstić information content (AvgIpc) is 3.09. The normalized spacial score (nSPS) is 11.2. The predicted molar refractivity (Wildman–Crippen MR) is 117 cm³/mol. The van der Waals surface area contributed by atoms with E-state index in [0.29, 0.717) is 23.9 Å². The molecule has 3 aromatic rings. The molecule has 29 heavy (non-hydrogen) atoms. The standard InChI is InChI=1S/C23H28ClN3O2/c1-3-17(4-2)23(28)25-16-22-26-19-11-6-7-12-20(19)27(22)14-9-15-29-21-13-8-5-10-18(21)24/h5-8,10-13,17H,3-4,9,14-16H2,1-2H3,(H,25,28). The second kappa shape index (κ2) is 10.3. The molecule has 0 fully saturated rings. The number of nitrogens with one attached hydrogen (secondary N) is 1. The highest BCUT2D eigenvalue weighted by Crippen LogP contribution is 2.23. The summed E-state index contributed by atoms with van der Waals surface area (Å²) >= 11 is 6.15. The number of carbonyl (C=O) groups is 1. The van der Waals surface area contributed by atoms with Gasteiger partial charge in [-0.3, -0.25) is 4.79 Å². The van der Waals surface area contributed by atoms with Crippen LogP contribution < -0.4 is 10.1 Å². The van der Waals surface area contributed by atoms with E-state index in [2.05, 4.69) is 16.0 Å². The molecular weight excluding hydrogens is 386 g/mol. The largest absolute Gasteiger partial charge is 0.492 e. The Morgan fingerprint density at radius 1 is 1.14 bits per heavy atom. The fourth-order valence-corrected chi connectivity index (χ4v) is 3.64. The maximum absolute atomic E-state index is 12.4. The fourth-order valence-electron chi connectivity index (χ4n) is 3.45. The van der Waals surface area contributed by atoms with E-state index < -0.39 is 0 Å². The number of halogens is 1. The van der Waals surface area contributed by atoms with Crippen LogP contribution in [0.3, 0.4) is 0 Å². The number of aryl methyl sites for hydroxylation is 1. The van der Waals surface area contributed by atoms with E-state index in [1.807, 2.05) is 56.3 Å². The minimum Gasteiger partial charge on any atom is -0.492 e. The van der Waals surface area contributed by atoms with Gasteiger partial charge in [0.25, 0.3) is 0 Å². The first-order chi connectivity index (χ1) is 14.1. The van der Waals surface area contributed by atoms with Crippen LogP contribution in [0.5, 0.6) is 5.75 Å². The first-order valence-corrected chi connectivity index (χ1v) is 10.6. The highest BCUT2D eigenvalue weighted by molar-refractivity contribution is 6.32. The number of benzene rings is 2. The van der Waals surface area contributed by atoms with Gasteiger partial charge in [-0.15, -0.1) is 0 Å². The van der Waals surface area contributed by atoms with Gasteiger partial charge in [0.05, 0.1) is 29.2 Å². The van der Waals surface area contributed by atoms with E-state index in [9.17, 15) is 4.79 Å². The van der Waals surface area contributed by atoms with Crippen molar-refractivity contribution in [3.63, 3.8) is 0 Å². The Morgan fingerprint density at radius 3 is 2.62 bits per heavy atom. The zero-order valence-corrected chi connectivity index (χ0v) is 17.8. The van der Waals surface area contributed by atoms with E-state index >= 15 is 0 Å². The van der Waals surface area contributed by atoms with Crippen LogP contribution in [0.1, 0.15) is 38.9 Å². The first-order valence-electron chi connectivity index (χ1n) is 10.2. The Labute approximate surface area is 177 Å². The van der Waals surface area contributed by atoms with Gasteiger partial charge in [0.15, 0.2) is 0 Å². The van der Waals surface area contributed by atoms with Gasteiger partial charge in [0.2, 0.25) is 5.91 Å². The zero-order chi connectivity index (χ0) is 20.6. The number of fused-ring (bicyclic) bond motifs is 1. The summed E-state index contributed by atoms with van der Waals surface area (Å²) in [7, 11) is 0. The van der Waals surface area contributed by atoms with Crippen molar-refractivity contribution in [3.8, 4) is 5.75 Å². The summed E-state index contributed by atoms with van der Waals surface area (Å²) in [5.41, 5.74) is 2.00. The van der Waals surface area contributed by atoms with Crippen LogP contribution in [0.25, 0.3) is 11.0 Å². The third-order valence-corrected chi connectivity index (χ3v) is 5.44. The van der Waals surface area contributed by atoms with Crippen molar-refractivity contribution in [2.45, 2.75) is 46.2 Å². The molecule has 0 atom stereocenters. The molecular formula is C23H28ClN3O2. The Morgan fingerprint density at radius 2 is 1.86 bits per heavy atom. The topological polar surface area (TPSA) is 56.2 Å². The van der Waals surface area contributed by atoms with Gasteiger partial charge in [-0.05, 0) is 43.5 Å². The first kappa shape index (κ1) is 21.2. The number of carbonyl (C=O) groups excluding carboxylic acids is 1. The number of imidazole rings is 1. The van der Waals surface area contributed by atoms with E-state index in [-0.39, 0.29) is 11.8 Å². The van der Waals surface area contributed by atoms with Crippen molar-refractivity contribution < 1.29 is 9.53 Å². The quantitative estimate of drug-likeness (QED) is 0.464. The van der Waals surface area contributed by atoms with Crippen LogP contribution >= 0.6 is 11.6 Å². The van der Waals surface area contributed by atoms with Crippen LogP contribution in [0.15, 0.2) is 48.5 Å². The predicted octanol–water partition coefficient (Wildman–Crippen LogP) is 5.21. The summed E-state index contributed by atoms with van der Waals surface area (Å²) < 4.78 is 7.98. The average molecular weight is 414 g/mol. The number of ether oxygens (including phenoxy) is 1. The van der Waals surface area contributed by atoms with Gasteiger partial charge in [-0.2, -0.15) is 0 Å². The number of aromatic nitrogens is 2. The van der Waals surface area contributed by atoms with Crippen LogP contribution in [-0.4, -0.2) is 22.1 Å². The summed E-state index contributed by atoms with van der Waals surface area (Å²) in [5.74, 6) is 1.71. The molecule has 1 aromatic heterocycles. The van der Waals surface area contributed by atoms with Gasteiger partial charge in [-0.1, -0.05) is 49.7 Å². The van der Waals surface area contributed by atoms with Crippen LogP contribution in [0.4, 0.5) is 0 Å². The molecule has 0 aliphatic rings. The zero-order valence-electron chi connectivity index (χ0n) is 17.0. The van der Waals surface area contributed by atoms with E-state index in [4.69, 9.17) is 21.3 Å². The summed E-state index contributed by atoms with van der Waals surface area (Å²) in [6.07, 6.45) is 2.50. The molecule has 2 aromatic carbocycles. The molecule has 1 amide bonds. The molecule has 0 bridgehead atoms. The Bertz CT molecular complexity index is 950. The van der Waals surface area contributed by atoms with E-state index in [0.717, 1.165) is 42.7 Å². The lowest BCUT2D eigenvalue weighted by atomic mass is 10.0. The van der Waals surface area contributed by atoms with Crippen LogP contribution in [-0.2, 0) is 17.9 Å². The third-order valence-electron chi connectivity index (χ3n) is 5.13. The molecule has 1 N–H and O–H groups in total. The summed E-state index contributed by atoms with van der Waals surface area (Å²) in [6.45, 7) is 5.82. The van der Waals surface area contributed by atoms with Crippen molar-refractivity contribution >= 4 is 28.5 Å². The number of amides is 1. The minimum absolute atomic E-state index is 0.0526. The Balaban J connectivity index is 1.66. The molecule has 6 heteroatoms. The lowest BCUT2D eigenvalue weighted by molar-refractivity contribution is -0.125. The number of nitrogens with zero attached hydrogens (tertiary/aromatic N) is 2. The Kier molecular flexibility index (Phi) is 7.53. The fraction of sp³-hybridized carbons (Fsp3) is 0.391. The van der Waals surface area contributed by atoms with Gasteiger partial charge in [-0.25, -0.2) is 4.98 Å². The van der Waals surface area contributed by atoms with Gasteiger partial charge in [0.1, 0.15) is 11.6 Å². The van der Waals surface area contributed by atoms with Crippen molar-refractivity contribution in [1.29, 1.82) is 0 Å². The van der Waals surface area contributed by atoms with Crippen molar-refractivity contribution in [2.24, 2.45) is 5.92 Å². The summed E-state index contributed by atoms with van der Waals surface area (Å²) in [5, 5.41) is 3.67. The van der Waals surface area contributed by atoms with Crippen LogP contribution in [0.2, 0.25) is 5.02 Å². The Hall–Kier alpha value is -2.53. The molecule has 0 saturated heterocycles. The van der Waals surface area contributed by atoms with Crippen molar-refractivity contribution in [3.05, 3.63) is 59.4 Å². The van der Waals surface area contributed by atoms with E-state index in [1.165, 1.54) is 0 Å². The second-order valence-electron chi connectivity index (χ2n) is 7.03. The SMILES string of the molecule is CCC(CC)C(=O)NCc1nc2ccccc2n1CCCOc1ccccc1Cl. The lowest BCUT2D eigenvalue weighted by Gasteiger charge is -2.14. The molecule has 0 spiro atoms. The summed E-state index contributed by atoms with van der Waals surface area (Å²) in [4.78, 5) is 17.1. The molecule has 0 radical (unpaired) electrons. The van der Waals surface area contributed by atoms with Gasteiger partial charge in [0, 0.05) is 12.5 Å². The van der Waals surface area contributed by atoms with Gasteiger partial charge < -0.3 is 14.6 Å². The lowest BCUT2D eigenvalue weighted by Crippen LogP contribution is -2.30. The minimum atomic E-state index is 0.0526. The molecule has 1 heterocycles.